The van der Waals surface area contributed by atoms with Crippen molar-refractivity contribution in [3.05, 3.63) is 12.2 Å². The first-order chi connectivity index (χ1) is 10.4. The summed E-state index contributed by atoms with van der Waals surface area (Å²) in [5, 5.41) is 0. The van der Waals surface area contributed by atoms with Crippen molar-refractivity contribution in [3.8, 4) is 0 Å². The predicted molar refractivity (Wildman–Crippen MR) is 67.1 cm³/mol. The van der Waals surface area contributed by atoms with Crippen molar-refractivity contribution in [1.82, 2.24) is 4.90 Å². The molecule has 1 amide bonds. The number of carbonyl (C=O) groups excluding carboxylic acids is 1. The van der Waals surface area contributed by atoms with E-state index in [1.807, 2.05) is 0 Å². The van der Waals surface area contributed by atoms with Gasteiger partial charge in [0.15, 0.2) is 0 Å². The van der Waals surface area contributed by atoms with Crippen LogP contribution in [0.3, 0.4) is 0 Å². The molecule has 24 heavy (non-hydrogen) atoms. The van der Waals surface area contributed by atoms with Crippen LogP contribution in [0.4, 0.5) is 39.5 Å². The second-order valence-electron chi connectivity index (χ2n) is 5.47. The normalized spacial score (nSPS) is 15.2. The number of likely N-dealkylation sites (N-methyl/N-ethyl adjacent to an activating group) is 1. The van der Waals surface area contributed by atoms with Crippen LogP contribution in [0.1, 0.15) is 20.3 Å². The van der Waals surface area contributed by atoms with E-state index in [-0.39, 0.29) is 5.57 Å². The van der Waals surface area contributed by atoms with Crippen LogP contribution >= 0.6 is 0 Å². The first-order valence-corrected chi connectivity index (χ1v) is 6.52. The average molecular weight is 373 g/mol. The Bertz CT molecular complexity index is 484. The fourth-order valence-electron chi connectivity index (χ4n) is 1.69. The molecule has 0 saturated heterocycles. The highest BCUT2D eigenvalue weighted by atomic mass is 19.4. The molecule has 0 rings (SSSR count). The first kappa shape index (κ1) is 22.6. The second kappa shape index (κ2) is 6.83. The number of hydrogen-bond donors (Lipinski definition) is 0. The Labute approximate surface area is 132 Å². The van der Waals surface area contributed by atoms with E-state index < -0.39 is 48.7 Å². The highest BCUT2D eigenvalue weighted by Gasteiger charge is 2.82. The monoisotopic (exact) mass is 373 g/mol. The van der Waals surface area contributed by atoms with Gasteiger partial charge in [0.2, 0.25) is 5.91 Å². The largest absolute Gasteiger partial charge is 0.460 e. The van der Waals surface area contributed by atoms with E-state index >= 15 is 0 Å². The number of hydrogen-bond acceptors (Lipinski definition) is 1. The highest BCUT2D eigenvalue weighted by molar-refractivity contribution is 5.91. The zero-order valence-corrected chi connectivity index (χ0v) is 13.0. The van der Waals surface area contributed by atoms with E-state index in [0.717, 1.165) is 11.9 Å². The molecule has 1 atom stereocenters. The van der Waals surface area contributed by atoms with Crippen LogP contribution in [0, 0.1) is 5.92 Å². The minimum Gasteiger partial charge on any atom is -0.342 e. The third-order valence-corrected chi connectivity index (χ3v) is 3.40. The smallest absolute Gasteiger partial charge is 0.342 e. The lowest BCUT2D eigenvalue weighted by Gasteiger charge is -2.37. The number of alkyl halides is 9. The van der Waals surface area contributed by atoms with E-state index in [1.54, 1.807) is 0 Å². The number of nitrogens with zero attached hydrogens (tertiary/aromatic N) is 1. The summed E-state index contributed by atoms with van der Waals surface area (Å²) in [6, 6.07) is 0. The van der Waals surface area contributed by atoms with Crippen LogP contribution in [-0.4, -0.2) is 48.3 Å². The highest BCUT2D eigenvalue weighted by Crippen LogP contribution is 2.55. The van der Waals surface area contributed by atoms with E-state index in [0.29, 0.717) is 6.92 Å². The van der Waals surface area contributed by atoms with Crippen LogP contribution < -0.4 is 0 Å². The number of rotatable bonds is 7. The quantitative estimate of drug-likeness (QED) is 0.475. The third-order valence-electron chi connectivity index (χ3n) is 3.40. The van der Waals surface area contributed by atoms with Gasteiger partial charge in [-0.15, -0.1) is 0 Å². The van der Waals surface area contributed by atoms with Crippen LogP contribution in [-0.2, 0) is 4.79 Å². The van der Waals surface area contributed by atoms with Gasteiger partial charge in [0.25, 0.3) is 0 Å². The summed E-state index contributed by atoms with van der Waals surface area (Å²) >= 11 is 0. The van der Waals surface area contributed by atoms with Crippen molar-refractivity contribution in [1.29, 1.82) is 0 Å². The van der Waals surface area contributed by atoms with Crippen molar-refractivity contribution in [2.75, 3.05) is 13.6 Å². The van der Waals surface area contributed by atoms with Gasteiger partial charge in [-0.25, -0.2) is 0 Å². The minimum absolute atomic E-state index is 0.00541. The zero-order chi connectivity index (χ0) is 19.7. The van der Waals surface area contributed by atoms with Gasteiger partial charge in [-0.1, -0.05) is 13.5 Å². The molecule has 0 aliphatic heterocycles. The van der Waals surface area contributed by atoms with Crippen molar-refractivity contribution in [2.45, 2.75) is 44.2 Å². The summed E-state index contributed by atoms with van der Waals surface area (Å²) in [6.07, 6.45) is -7.77. The minimum atomic E-state index is -6.91. The summed E-state index contributed by atoms with van der Waals surface area (Å²) in [5.74, 6) is -22.5. The van der Waals surface area contributed by atoms with E-state index in [4.69, 9.17) is 0 Å². The van der Waals surface area contributed by atoms with Gasteiger partial charge in [-0.05, 0) is 13.3 Å². The Morgan fingerprint density at radius 1 is 1.00 bits per heavy atom. The number of halogens is 9. The van der Waals surface area contributed by atoms with E-state index in [1.165, 1.54) is 6.92 Å². The Hall–Kier alpha value is -1.42. The fraction of sp³-hybridized carbons (Fsp3) is 0.769. The Kier molecular flexibility index (Phi) is 6.43. The topological polar surface area (TPSA) is 20.3 Å². The molecule has 2 nitrogen and oxygen atoms in total. The van der Waals surface area contributed by atoms with Gasteiger partial charge in [-0.3, -0.25) is 4.79 Å². The first-order valence-electron chi connectivity index (χ1n) is 6.52. The maximum absolute atomic E-state index is 13.6. The van der Waals surface area contributed by atoms with Gasteiger partial charge in [-0.2, -0.15) is 39.5 Å². The van der Waals surface area contributed by atoms with Gasteiger partial charge in [0, 0.05) is 25.1 Å². The maximum atomic E-state index is 13.6. The fourth-order valence-corrected chi connectivity index (χ4v) is 1.69. The molecule has 0 aliphatic carbocycles. The molecule has 0 heterocycles. The van der Waals surface area contributed by atoms with Gasteiger partial charge < -0.3 is 4.90 Å². The lowest BCUT2D eigenvalue weighted by Crippen LogP contribution is -2.62. The number of amides is 1. The van der Waals surface area contributed by atoms with Crippen molar-refractivity contribution >= 4 is 5.91 Å². The molecule has 1 unspecified atom stereocenters. The van der Waals surface area contributed by atoms with Gasteiger partial charge in [0.05, 0.1) is 0 Å². The Morgan fingerprint density at radius 3 is 1.75 bits per heavy atom. The van der Waals surface area contributed by atoms with E-state index in [9.17, 15) is 44.3 Å². The van der Waals surface area contributed by atoms with Gasteiger partial charge >= 0.3 is 23.9 Å². The molecule has 0 fully saturated rings. The molecule has 0 bridgehead atoms. The molecule has 0 aromatic rings. The SMILES string of the molecule is C=C(C)C(=O)N(C)CCC(C)C(F)(F)C(F)(F)C(F)(F)C(F)(F)F. The lowest BCUT2D eigenvalue weighted by atomic mass is 9.90. The molecular formula is C13H16F9NO. The summed E-state index contributed by atoms with van der Waals surface area (Å²) in [4.78, 5) is 12.2. The third kappa shape index (κ3) is 3.97. The van der Waals surface area contributed by atoms with E-state index in [2.05, 4.69) is 6.58 Å². The standard InChI is InChI=1S/C13H16F9NO/c1-7(2)9(24)23(4)6-5-8(3)10(14,15)11(16,17)12(18,19)13(20,21)22/h8H,1,5-6H2,2-4H3. The van der Waals surface area contributed by atoms with Crippen molar-refractivity contribution in [2.24, 2.45) is 5.92 Å². The summed E-state index contributed by atoms with van der Waals surface area (Å²) < 4.78 is 115. The molecule has 0 aromatic heterocycles. The second-order valence-corrected chi connectivity index (χ2v) is 5.47. The van der Waals surface area contributed by atoms with Crippen molar-refractivity contribution in [3.63, 3.8) is 0 Å². The summed E-state index contributed by atoms with van der Waals surface area (Å²) in [7, 11) is 1.12. The lowest BCUT2D eigenvalue weighted by molar-refractivity contribution is -0.402. The maximum Gasteiger partial charge on any atom is 0.460 e. The van der Waals surface area contributed by atoms with Crippen LogP contribution in [0.5, 0.6) is 0 Å². The molecule has 0 N–H and O–H groups in total. The molecule has 0 radical (unpaired) electrons. The van der Waals surface area contributed by atoms with Crippen LogP contribution in [0.2, 0.25) is 0 Å². The van der Waals surface area contributed by atoms with Crippen molar-refractivity contribution < 1.29 is 44.3 Å². The Morgan fingerprint density at radius 2 is 1.42 bits per heavy atom. The molecule has 11 heteroatoms. The predicted octanol–water partition coefficient (Wildman–Crippen LogP) is 4.52. The zero-order valence-electron chi connectivity index (χ0n) is 13.0. The molecule has 0 spiro atoms. The average Bonchev–Trinajstić information content (AvgIpc) is 2.41. The molecule has 0 aliphatic rings. The van der Waals surface area contributed by atoms with Crippen LogP contribution in [0.15, 0.2) is 12.2 Å². The molecule has 142 valence electrons. The summed E-state index contributed by atoms with van der Waals surface area (Å²) in [5.41, 5.74) is 0.00541. The summed E-state index contributed by atoms with van der Waals surface area (Å²) in [6.45, 7) is 4.40. The Balaban J connectivity index is 5.30. The molecule has 0 aromatic carbocycles. The molecule has 0 saturated carbocycles. The molecular weight excluding hydrogens is 357 g/mol. The van der Waals surface area contributed by atoms with Gasteiger partial charge in [0.1, 0.15) is 0 Å². The van der Waals surface area contributed by atoms with Crippen LogP contribution in [0.25, 0.3) is 0 Å². The number of carbonyl (C=O) groups is 1.